The first kappa shape index (κ1) is 16.8. The Bertz CT molecular complexity index is 841. The zero-order valence-corrected chi connectivity index (χ0v) is 14.3. The predicted octanol–water partition coefficient (Wildman–Crippen LogP) is 3.16. The van der Waals surface area contributed by atoms with Crippen molar-refractivity contribution < 1.29 is 18.3 Å². The van der Waals surface area contributed by atoms with Gasteiger partial charge in [-0.15, -0.1) is 0 Å². The first-order chi connectivity index (χ1) is 12.6. The average Bonchev–Trinajstić information content (AvgIpc) is 3.30. The molecule has 2 aliphatic rings. The van der Waals surface area contributed by atoms with Gasteiger partial charge in [0.15, 0.2) is 11.6 Å². The molecule has 0 saturated carbocycles. The van der Waals surface area contributed by atoms with Gasteiger partial charge in [-0.05, 0) is 48.2 Å². The molecule has 1 saturated heterocycles. The first-order valence-electron chi connectivity index (χ1n) is 8.84. The zero-order valence-electron chi connectivity index (χ0n) is 14.3. The highest BCUT2D eigenvalue weighted by Gasteiger charge is 2.24. The molecule has 6 heteroatoms. The smallest absolute Gasteiger partial charge is 0.251 e. The van der Waals surface area contributed by atoms with Gasteiger partial charge in [-0.3, -0.25) is 4.79 Å². The van der Waals surface area contributed by atoms with Crippen molar-refractivity contribution in [1.82, 2.24) is 5.32 Å². The van der Waals surface area contributed by atoms with Crippen molar-refractivity contribution in [3.05, 3.63) is 59.2 Å². The fourth-order valence-electron chi connectivity index (χ4n) is 3.58. The summed E-state index contributed by atoms with van der Waals surface area (Å²) >= 11 is 0. The Hall–Kier alpha value is -2.63. The SMILES string of the molecule is O=C(NCC1CCN(c2ccc(F)c(F)c2)C1)c1ccc2c(c1)CCO2. The van der Waals surface area contributed by atoms with E-state index < -0.39 is 11.6 Å². The Kier molecular flexibility index (Phi) is 4.49. The normalized spacial score (nSPS) is 18.5. The highest BCUT2D eigenvalue weighted by Crippen LogP contribution is 2.27. The van der Waals surface area contributed by atoms with Crippen LogP contribution in [-0.4, -0.2) is 32.1 Å². The van der Waals surface area contributed by atoms with E-state index in [1.54, 1.807) is 12.1 Å². The van der Waals surface area contributed by atoms with Gasteiger partial charge in [0.25, 0.3) is 5.91 Å². The van der Waals surface area contributed by atoms with Crippen LogP contribution in [0.3, 0.4) is 0 Å². The van der Waals surface area contributed by atoms with E-state index in [0.717, 1.165) is 36.8 Å². The molecule has 1 amide bonds. The highest BCUT2D eigenvalue weighted by molar-refractivity contribution is 5.94. The van der Waals surface area contributed by atoms with Crippen molar-refractivity contribution in [1.29, 1.82) is 0 Å². The molecule has 2 aromatic rings. The second-order valence-corrected chi connectivity index (χ2v) is 6.83. The van der Waals surface area contributed by atoms with Crippen molar-refractivity contribution >= 4 is 11.6 Å². The molecular formula is C20H20F2N2O2. The lowest BCUT2D eigenvalue weighted by Crippen LogP contribution is -2.31. The number of nitrogens with zero attached hydrogens (tertiary/aromatic N) is 1. The van der Waals surface area contributed by atoms with E-state index in [9.17, 15) is 13.6 Å². The standard InChI is InChI=1S/C20H20F2N2O2/c21-17-3-2-16(10-18(17)22)24-7-5-13(12-24)11-23-20(25)15-1-4-19-14(9-15)6-8-26-19/h1-4,9-10,13H,5-8,11-12H2,(H,23,25). The second kappa shape index (κ2) is 6.94. The number of hydrogen-bond donors (Lipinski definition) is 1. The minimum Gasteiger partial charge on any atom is -0.493 e. The Morgan fingerprint density at radius 1 is 1.19 bits per heavy atom. The van der Waals surface area contributed by atoms with E-state index in [1.165, 1.54) is 6.07 Å². The van der Waals surface area contributed by atoms with Gasteiger partial charge < -0.3 is 15.0 Å². The Balaban J connectivity index is 1.32. The number of ether oxygens (including phenoxy) is 1. The van der Waals surface area contributed by atoms with Crippen LogP contribution in [0.25, 0.3) is 0 Å². The van der Waals surface area contributed by atoms with Crippen LogP contribution >= 0.6 is 0 Å². The molecule has 1 N–H and O–H groups in total. The number of nitrogens with one attached hydrogen (secondary N) is 1. The lowest BCUT2D eigenvalue weighted by atomic mass is 10.1. The third-order valence-electron chi connectivity index (χ3n) is 5.06. The van der Waals surface area contributed by atoms with Gasteiger partial charge in [-0.1, -0.05) is 0 Å². The summed E-state index contributed by atoms with van der Waals surface area (Å²) in [7, 11) is 0. The zero-order chi connectivity index (χ0) is 18.1. The third-order valence-corrected chi connectivity index (χ3v) is 5.06. The van der Waals surface area contributed by atoms with Crippen molar-refractivity contribution in [2.45, 2.75) is 12.8 Å². The molecule has 0 bridgehead atoms. The van der Waals surface area contributed by atoms with Crippen LogP contribution in [-0.2, 0) is 6.42 Å². The number of rotatable bonds is 4. The molecule has 0 radical (unpaired) electrons. The van der Waals surface area contributed by atoms with E-state index >= 15 is 0 Å². The maximum atomic E-state index is 13.4. The number of fused-ring (bicyclic) bond motifs is 1. The van der Waals surface area contributed by atoms with E-state index in [-0.39, 0.29) is 11.8 Å². The second-order valence-electron chi connectivity index (χ2n) is 6.83. The average molecular weight is 358 g/mol. The van der Waals surface area contributed by atoms with Crippen LogP contribution in [0.15, 0.2) is 36.4 Å². The molecule has 2 aliphatic heterocycles. The largest absolute Gasteiger partial charge is 0.493 e. The highest BCUT2D eigenvalue weighted by atomic mass is 19.2. The predicted molar refractivity (Wildman–Crippen MR) is 94.7 cm³/mol. The van der Waals surface area contributed by atoms with Gasteiger partial charge in [0.2, 0.25) is 0 Å². The van der Waals surface area contributed by atoms with Gasteiger partial charge in [-0.2, -0.15) is 0 Å². The summed E-state index contributed by atoms with van der Waals surface area (Å²) in [5, 5.41) is 2.98. The van der Waals surface area contributed by atoms with E-state index in [1.807, 2.05) is 17.0 Å². The van der Waals surface area contributed by atoms with Gasteiger partial charge in [0.1, 0.15) is 5.75 Å². The van der Waals surface area contributed by atoms with Crippen LogP contribution in [0.4, 0.5) is 14.5 Å². The summed E-state index contributed by atoms with van der Waals surface area (Å²) in [5.41, 5.74) is 2.39. The molecule has 4 rings (SSSR count). The van der Waals surface area contributed by atoms with Crippen molar-refractivity contribution in [3.63, 3.8) is 0 Å². The minimum atomic E-state index is -0.837. The minimum absolute atomic E-state index is 0.0917. The van der Waals surface area contributed by atoms with Crippen molar-refractivity contribution in [3.8, 4) is 5.75 Å². The molecule has 1 fully saturated rings. The van der Waals surface area contributed by atoms with E-state index in [0.29, 0.717) is 30.9 Å². The number of halogens is 2. The molecule has 26 heavy (non-hydrogen) atoms. The molecule has 0 aromatic heterocycles. The van der Waals surface area contributed by atoms with Gasteiger partial charge in [-0.25, -0.2) is 8.78 Å². The summed E-state index contributed by atoms with van der Waals surface area (Å²) in [6.07, 6.45) is 1.74. The summed E-state index contributed by atoms with van der Waals surface area (Å²) in [6.45, 7) is 2.71. The molecule has 1 unspecified atom stereocenters. The summed E-state index contributed by atoms with van der Waals surface area (Å²) < 4.78 is 31.9. The lowest BCUT2D eigenvalue weighted by Gasteiger charge is -2.19. The molecule has 2 heterocycles. The van der Waals surface area contributed by atoms with Crippen LogP contribution in [0, 0.1) is 17.6 Å². The Morgan fingerprint density at radius 2 is 2.08 bits per heavy atom. The van der Waals surface area contributed by atoms with E-state index in [4.69, 9.17) is 4.74 Å². The number of carbonyl (C=O) groups excluding carboxylic acids is 1. The molecule has 136 valence electrons. The fourth-order valence-corrected chi connectivity index (χ4v) is 3.58. The van der Waals surface area contributed by atoms with Crippen molar-refractivity contribution in [2.75, 3.05) is 31.1 Å². The van der Waals surface area contributed by atoms with Gasteiger partial charge >= 0.3 is 0 Å². The van der Waals surface area contributed by atoms with Crippen molar-refractivity contribution in [2.24, 2.45) is 5.92 Å². The fraction of sp³-hybridized carbons (Fsp3) is 0.350. The number of benzene rings is 2. The third kappa shape index (κ3) is 3.36. The quantitative estimate of drug-likeness (QED) is 0.913. The maximum Gasteiger partial charge on any atom is 0.251 e. The van der Waals surface area contributed by atoms with Crippen LogP contribution in [0.5, 0.6) is 5.75 Å². The number of hydrogen-bond acceptors (Lipinski definition) is 3. The molecular weight excluding hydrogens is 338 g/mol. The van der Waals surface area contributed by atoms with Gasteiger partial charge in [0.05, 0.1) is 6.61 Å². The summed E-state index contributed by atoms with van der Waals surface area (Å²) in [6, 6.07) is 9.48. The van der Waals surface area contributed by atoms with Gasteiger partial charge in [0, 0.05) is 43.4 Å². The summed E-state index contributed by atoms with van der Waals surface area (Å²) in [5.74, 6) is -0.619. The molecule has 2 aromatic carbocycles. The maximum absolute atomic E-state index is 13.4. The topological polar surface area (TPSA) is 41.6 Å². The number of anilines is 1. The number of amides is 1. The Labute approximate surface area is 150 Å². The molecule has 0 spiro atoms. The lowest BCUT2D eigenvalue weighted by molar-refractivity contribution is 0.0948. The first-order valence-corrected chi connectivity index (χ1v) is 8.84. The summed E-state index contributed by atoms with van der Waals surface area (Å²) in [4.78, 5) is 14.4. The van der Waals surface area contributed by atoms with Crippen LogP contribution in [0.1, 0.15) is 22.3 Å². The molecule has 0 aliphatic carbocycles. The van der Waals surface area contributed by atoms with Crippen LogP contribution in [0.2, 0.25) is 0 Å². The van der Waals surface area contributed by atoms with Crippen LogP contribution < -0.4 is 15.0 Å². The Morgan fingerprint density at radius 3 is 2.92 bits per heavy atom. The molecule has 4 nitrogen and oxygen atoms in total. The van der Waals surface area contributed by atoms with E-state index in [2.05, 4.69) is 5.32 Å². The monoisotopic (exact) mass is 358 g/mol. The number of carbonyl (C=O) groups is 1. The molecule has 1 atom stereocenters.